The lowest BCUT2D eigenvalue weighted by Crippen LogP contribution is -2.62. The molecule has 15 amide bonds. The molecule has 0 radical (unpaired) electrons. The molecule has 11 atom stereocenters. The Balaban J connectivity index is 1.12. The van der Waals surface area contributed by atoms with E-state index in [1.165, 1.54) is 75.6 Å². The number of likely N-dealkylation sites (N-methyl/N-ethyl adjacent to an activating group) is 4. The zero-order chi connectivity index (χ0) is 94.7. The van der Waals surface area contributed by atoms with Crippen LogP contribution in [0.3, 0.4) is 0 Å². The van der Waals surface area contributed by atoms with Crippen molar-refractivity contribution in [1.82, 2.24) is 72.4 Å². The highest BCUT2D eigenvalue weighted by Crippen LogP contribution is 2.33. The Morgan fingerprint density at radius 3 is 1.66 bits per heavy atom. The fourth-order valence-corrected chi connectivity index (χ4v) is 16.4. The molecule has 6 aromatic carbocycles. The summed E-state index contributed by atoms with van der Waals surface area (Å²) in [5.74, 6) is -17.8. The summed E-state index contributed by atoms with van der Waals surface area (Å²) in [5, 5.41) is 56.2. The van der Waals surface area contributed by atoms with Gasteiger partial charge in [0, 0.05) is 102 Å². The van der Waals surface area contributed by atoms with E-state index in [1.54, 1.807) is 143 Å². The number of hydrogen-bond acceptors (Lipinski definition) is 20. The summed E-state index contributed by atoms with van der Waals surface area (Å²) in [5.41, 5.74) is 15.7. The van der Waals surface area contributed by atoms with Gasteiger partial charge in [-0.25, -0.2) is 0 Å². The first-order valence-electron chi connectivity index (χ1n) is 43.0. The van der Waals surface area contributed by atoms with Crippen molar-refractivity contribution >= 4 is 123 Å². The number of thioether (sulfide) groups is 1. The topological polar surface area (TPSA) is 526 Å². The Morgan fingerprint density at radius 2 is 1.05 bits per heavy atom. The van der Waals surface area contributed by atoms with Crippen LogP contribution >= 0.6 is 11.8 Å². The van der Waals surface area contributed by atoms with E-state index in [0.29, 0.717) is 57.1 Å². The number of carbonyl (C=O) groups is 16. The molecule has 0 spiro atoms. The highest BCUT2D eigenvalue weighted by Gasteiger charge is 2.44. The Labute approximate surface area is 757 Å². The van der Waals surface area contributed by atoms with Crippen LogP contribution < -0.4 is 64.2 Å². The molecule has 694 valence electrons. The minimum Gasteiger partial charge on any atom is -0.508 e. The number of nitrogens with two attached hydrogens (primary N) is 2. The summed E-state index contributed by atoms with van der Waals surface area (Å²) in [7, 11) is 5.27. The van der Waals surface area contributed by atoms with Crippen molar-refractivity contribution in [3.8, 4) is 11.5 Å². The molecule has 37 heteroatoms. The van der Waals surface area contributed by atoms with Crippen LogP contribution in [0.4, 0.5) is 5.69 Å². The molecular weight excluding hydrogens is 1690 g/mol. The fourth-order valence-electron chi connectivity index (χ4n) is 15.5. The average molecular weight is 1810 g/mol. The molecule has 130 heavy (non-hydrogen) atoms. The van der Waals surface area contributed by atoms with E-state index < -0.39 is 205 Å². The zero-order valence-corrected chi connectivity index (χ0v) is 75.0. The van der Waals surface area contributed by atoms with Gasteiger partial charge in [-0.1, -0.05) is 169 Å². The van der Waals surface area contributed by atoms with Gasteiger partial charge >= 0.3 is 5.97 Å². The summed E-state index contributed by atoms with van der Waals surface area (Å²) in [6.07, 6.45) is 0.0291. The average Bonchev–Trinajstić information content (AvgIpc) is 0.914. The van der Waals surface area contributed by atoms with Gasteiger partial charge in [-0.15, -0.1) is 11.8 Å². The molecular formula is C93H117N17O19S. The number of para-hydroxylation sites is 1. The van der Waals surface area contributed by atoms with Crippen molar-refractivity contribution < 1.29 is 92.0 Å². The molecule has 1 saturated heterocycles. The summed E-state index contributed by atoms with van der Waals surface area (Å²) in [6, 6.07) is 23.7. The van der Waals surface area contributed by atoms with Gasteiger partial charge in [0.25, 0.3) is 0 Å². The number of rotatable bonds is 22. The Hall–Kier alpha value is -13.7. The van der Waals surface area contributed by atoms with Crippen molar-refractivity contribution in [2.75, 3.05) is 64.2 Å². The number of H-pyrrole nitrogens is 1. The number of carbonyl (C=O) groups excluding carboxylic acids is 15. The first-order valence-corrected chi connectivity index (χ1v) is 44.2. The number of aliphatic carboxylic acids is 1. The number of anilines is 1. The van der Waals surface area contributed by atoms with E-state index in [9.17, 15) is 44.1 Å². The van der Waals surface area contributed by atoms with E-state index in [0.717, 1.165) is 36.9 Å². The van der Waals surface area contributed by atoms with Crippen LogP contribution in [0.25, 0.3) is 10.9 Å². The van der Waals surface area contributed by atoms with Crippen molar-refractivity contribution in [3.05, 3.63) is 197 Å². The molecule has 1 aromatic heterocycles. The maximum atomic E-state index is 15.6. The number of aromatic hydroxyl groups is 2. The van der Waals surface area contributed by atoms with Crippen LogP contribution in [0.15, 0.2) is 158 Å². The number of amides is 15. The van der Waals surface area contributed by atoms with E-state index in [2.05, 4.69) is 52.8 Å². The van der Waals surface area contributed by atoms with E-state index in [1.807, 2.05) is 6.92 Å². The molecule has 1 fully saturated rings. The third-order valence-electron chi connectivity index (χ3n) is 22.7. The zero-order valence-electron chi connectivity index (χ0n) is 74.2. The standard InChI is InChI=1S/C93H117N17O19S/c1-10-11-26-73-91(127)106(6)49-78(114)99-69(45-81(117)118)87(123)105-82(54(4)5)93(129)108(8)75(40-55-20-14-12-15-21-55)88(124)103-71-42-60-33-36-63(112)44-74(60)110(90(71)126)50-79(115)98-68(43-61-47-96-65-25-19-18-24-64(61)65)86(122)102-67(38-58-31-34-62(111)35-32-58)85(121)101-66(37-53(2)3)84(120)104-72(83(119)97-48-77(95)113)51-130-52-80(116)100-70(39-57-27-29-59(46-94)30-28-57)89(125)109(9)76(92(128)107(73)7)41-56-22-16-13-17-23-56/h12-25,27-36,44,47,53-54,66-73,75-76,82,96,111-112H,10-11,26,37-43,45-46,48-52,94H2,1-9H3,(H2,95,113)(H,97,119)(H,98,115)(H,99,114)(H,100,116)(H,101,121)(H,102,122)(H,103,124)(H,104,120)(H,105,123)(H,117,118)/t66-,67-,68-,69-,70-,71-,72-,73-,75-,76-,82-/m0/s1. The Kier molecular flexibility index (Phi) is 36.5. The van der Waals surface area contributed by atoms with Gasteiger partial charge in [-0.3, -0.25) is 76.7 Å². The van der Waals surface area contributed by atoms with Crippen molar-refractivity contribution in [1.29, 1.82) is 0 Å². The van der Waals surface area contributed by atoms with Crippen molar-refractivity contribution in [3.63, 3.8) is 0 Å². The number of hydrogen-bond donors (Lipinski definition) is 15. The second-order valence-electron chi connectivity index (χ2n) is 33.5. The van der Waals surface area contributed by atoms with Crippen molar-refractivity contribution in [2.45, 2.75) is 178 Å². The van der Waals surface area contributed by atoms with Crippen LogP contribution in [-0.4, -0.2) is 260 Å². The molecule has 36 nitrogen and oxygen atoms in total. The Morgan fingerprint density at radius 1 is 0.515 bits per heavy atom. The molecule has 7 aromatic rings. The largest absolute Gasteiger partial charge is 0.508 e. The lowest BCUT2D eigenvalue weighted by molar-refractivity contribution is -0.151. The summed E-state index contributed by atoms with van der Waals surface area (Å²) in [6.45, 7) is 6.23. The van der Waals surface area contributed by atoms with E-state index in [-0.39, 0.29) is 81.0 Å². The van der Waals surface area contributed by atoms with E-state index >= 15 is 47.9 Å². The van der Waals surface area contributed by atoms with Crippen molar-refractivity contribution in [2.24, 2.45) is 23.3 Å². The maximum Gasteiger partial charge on any atom is 0.305 e. The molecule has 2 aliphatic rings. The van der Waals surface area contributed by atoms with Gasteiger partial charge < -0.3 is 104 Å². The number of fused-ring (bicyclic) bond motifs is 5. The normalized spacial score (nSPS) is 22.1. The van der Waals surface area contributed by atoms with Gasteiger partial charge in [0.2, 0.25) is 88.6 Å². The smallest absolute Gasteiger partial charge is 0.305 e. The predicted octanol–water partition coefficient (Wildman–Crippen LogP) is 1.67. The molecule has 0 saturated carbocycles. The fraction of sp³-hybridized carbons (Fsp3) is 0.419. The van der Waals surface area contributed by atoms with E-state index in [4.69, 9.17) is 11.5 Å². The lowest BCUT2D eigenvalue weighted by Gasteiger charge is -2.37. The van der Waals surface area contributed by atoms with Gasteiger partial charge in [-0.05, 0) is 87.9 Å². The van der Waals surface area contributed by atoms with Gasteiger partial charge in [-0.2, -0.15) is 0 Å². The molecule has 9 rings (SSSR count). The van der Waals surface area contributed by atoms with Crippen LogP contribution in [0, 0.1) is 11.8 Å². The number of aromatic amines is 1. The highest BCUT2D eigenvalue weighted by atomic mass is 32.2. The molecule has 17 N–H and O–H groups in total. The second-order valence-corrected chi connectivity index (χ2v) is 34.5. The molecule has 3 heterocycles. The Bertz CT molecular complexity index is 5220. The minimum atomic E-state index is -1.91. The number of phenols is 2. The number of benzene rings is 6. The van der Waals surface area contributed by atoms with Gasteiger partial charge in [0.1, 0.15) is 84.5 Å². The summed E-state index contributed by atoms with van der Waals surface area (Å²) < 4.78 is 0. The number of carboxylic acid groups (broad SMARTS) is 1. The molecule has 2 aliphatic heterocycles. The van der Waals surface area contributed by atoms with Gasteiger partial charge in [0.05, 0.1) is 31.0 Å². The first-order chi connectivity index (χ1) is 61.9. The molecule has 2 bridgehead atoms. The first kappa shape index (κ1) is 100. The maximum absolute atomic E-state index is 15.6. The van der Waals surface area contributed by atoms with Crippen LogP contribution in [0.5, 0.6) is 11.5 Å². The predicted molar refractivity (Wildman–Crippen MR) is 485 cm³/mol. The van der Waals surface area contributed by atoms with Crippen LogP contribution in [0.1, 0.15) is 106 Å². The number of carboxylic acids is 1. The number of phenolic OH excluding ortho intramolecular Hbond substituents is 2. The number of nitrogens with one attached hydrogen (secondary N) is 10. The lowest BCUT2D eigenvalue weighted by atomic mass is 9.95. The van der Waals surface area contributed by atoms with Crippen LogP contribution in [-0.2, 0) is 122 Å². The number of unbranched alkanes of at least 4 members (excludes halogenated alkanes) is 1. The quantitative estimate of drug-likeness (QED) is 0.0459. The highest BCUT2D eigenvalue weighted by molar-refractivity contribution is 8.00. The third-order valence-corrected chi connectivity index (χ3v) is 23.7. The third kappa shape index (κ3) is 28.1. The molecule has 0 aliphatic carbocycles. The molecule has 0 unspecified atom stereocenters. The minimum absolute atomic E-state index is 0.0228. The number of aromatic nitrogens is 1. The summed E-state index contributed by atoms with van der Waals surface area (Å²) >= 11 is 0.818. The number of primary amides is 1. The monoisotopic (exact) mass is 1810 g/mol. The number of nitrogens with zero attached hydrogens (tertiary/aromatic N) is 5. The second kappa shape index (κ2) is 47.4. The SMILES string of the molecule is CCCC[C@H]1C(=O)N(C)CC(=O)N[C@@H](CC(=O)O)C(=O)N[C@@H](C(C)C)C(=O)N(C)[C@@H](Cc2ccccc2)C(=O)N[C@H]2Cc3ccc(O)cc3N(CC(=O)N[C@@H](Cc3c[nH]c4ccccc34)C(=O)N[C@@H](Cc3ccc(O)cc3)C(=O)N[C@@H](CC(C)C)C(=O)N[C@H](C(=O)NCC(N)=O)CSCC(=O)N[C@@H](Cc3ccc(CN)cc3)C(=O)N(C)[C@@H](Cc3ccccc3)C(=O)N1C)C2=O. The van der Waals surface area contributed by atoms with Gasteiger partial charge in [0.15, 0.2) is 0 Å². The van der Waals surface area contributed by atoms with Crippen LogP contribution in [0.2, 0.25) is 0 Å². The summed E-state index contributed by atoms with van der Waals surface area (Å²) in [4.78, 5) is 244.